The summed E-state index contributed by atoms with van der Waals surface area (Å²) in [6.45, 7) is 0. The van der Waals surface area contributed by atoms with Crippen molar-refractivity contribution in [3.8, 4) is 11.3 Å². The van der Waals surface area contributed by atoms with Crippen LogP contribution in [0.5, 0.6) is 0 Å². The SMILES string of the molecule is Cn1nc(-c2ccncc2)c(N)c1C(=O)O. The van der Waals surface area contributed by atoms with Crippen LogP contribution < -0.4 is 5.73 Å². The molecule has 0 fully saturated rings. The van der Waals surface area contributed by atoms with Gasteiger partial charge in [-0.1, -0.05) is 0 Å². The van der Waals surface area contributed by atoms with Gasteiger partial charge in [0, 0.05) is 25.0 Å². The maximum atomic E-state index is 10.9. The van der Waals surface area contributed by atoms with Gasteiger partial charge in [0.25, 0.3) is 0 Å². The highest BCUT2D eigenvalue weighted by Crippen LogP contribution is 2.26. The Bertz CT molecular complexity index is 533. The van der Waals surface area contributed by atoms with E-state index in [4.69, 9.17) is 10.8 Å². The van der Waals surface area contributed by atoms with Crippen LogP contribution >= 0.6 is 0 Å². The van der Waals surface area contributed by atoms with Crippen molar-refractivity contribution in [1.82, 2.24) is 14.8 Å². The number of aryl methyl sites for hydroxylation is 1. The minimum Gasteiger partial charge on any atom is -0.476 e. The van der Waals surface area contributed by atoms with Gasteiger partial charge in [-0.15, -0.1) is 0 Å². The molecular formula is C10H10N4O2. The molecule has 0 radical (unpaired) electrons. The van der Waals surface area contributed by atoms with Crippen LogP contribution in [0, 0.1) is 0 Å². The Balaban J connectivity index is 2.61. The van der Waals surface area contributed by atoms with E-state index >= 15 is 0 Å². The van der Waals surface area contributed by atoms with E-state index in [1.165, 1.54) is 4.68 Å². The molecule has 2 rings (SSSR count). The number of nitrogens with zero attached hydrogens (tertiary/aromatic N) is 3. The number of carboxylic acids is 1. The van der Waals surface area contributed by atoms with Gasteiger partial charge in [0.2, 0.25) is 0 Å². The number of aromatic carboxylic acids is 1. The molecule has 0 amide bonds. The number of carbonyl (C=O) groups is 1. The number of carboxylic acid groups (broad SMARTS) is 1. The van der Waals surface area contributed by atoms with E-state index in [9.17, 15) is 4.79 Å². The lowest BCUT2D eigenvalue weighted by atomic mass is 10.1. The average molecular weight is 218 g/mol. The smallest absolute Gasteiger partial charge is 0.356 e. The zero-order valence-corrected chi connectivity index (χ0v) is 8.58. The predicted octanol–water partition coefficient (Wildman–Crippen LogP) is 0.762. The zero-order valence-electron chi connectivity index (χ0n) is 8.58. The number of aromatic nitrogens is 3. The normalized spacial score (nSPS) is 10.3. The fourth-order valence-corrected chi connectivity index (χ4v) is 1.52. The maximum Gasteiger partial charge on any atom is 0.356 e. The van der Waals surface area contributed by atoms with Gasteiger partial charge in [-0.3, -0.25) is 9.67 Å². The Morgan fingerprint density at radius 1 is 1.44 bits per heavy atom. The van der Waals surface area contributed by atoms with Crippen LogP contribution in [-0.2, 0) is 7.05 Å². The molecule has 2 heterocycles. The summed E-state index contributed by atoms with van der Waals surface area (Å²) in [5, 5.41) is 13.0. The first kappa shape index (κ1) is 10.2. The molecule has 6 nitrogen and oxygen atoms in total. The molecule has 0 spiro atoms. The topological polar surface area (TPSA) is 94.0 Å². The van der Waals surface area contributed by atoms with Gasteiger partial charge in [-0.25, -0.2) is 4.79 Å². The van der Waals surface area contributed by atoms with Gasteiger partial charge in [0.05, 0.1) is 5.69 Å². The van der Waals surface area contributed by atoms with Crippen LogP contribution in [0.1, 0.15) is 10.5 Å². The van der Waals surface area contributed by atoms with E-state index in [-0.39, 0.29) is 11.4 Å². The molecule has 0 bridgehead atoms. The van der Waals surface area contributed by atoms with Crippen molar-refractivity contribution < 1.29 is 9.90 Å². The number of pyridine rings is 1. The third-order valence-electron chi connectivity index (χ3n) is 2.24. The van der Waals surface area contributed by atoms with Crippen LogP contribution in [0.4, 0.5) is 5.69 Å². The molecule has 0 unspecified atom stereocenters. The van der Waals surface area contributed by atoms with Crippen LogP contribution in [0.3, 0.4) is 0 Å². The molecule has 16 heavy (non-hydrogen) atoms. The second kappa shape index (κ2) is 3.65. The molecule has 0 aliphatic carbocycles. The van der Waals surface area contributed by atoms with Crippen LogP contribution in [0.15, 0.2) is 24.5 Å². The highest BCUT2D eigenvalue weighted by molar-refractivity contribution is 5.95. The minimum atomic E-state index is -1.09. The van der Waals surface area contributed by atoms with E-state index in [1.807, 2.05) is 0 Å². The summed E-state index contributed by atoms with van der Waals surface area (Å²) in [6.07, 6.45) is 3.20. The Kier molecular flexibility index (Phi) is 2.32. The fraction of sp³-hybridized carbons (Fsp3) is 0.100. The van der Waals surface area contributed by atoms with Crippen molar-refractivity contribution in [1.29, 1.82) is 0 Å². The predicted molar refractivity (Wildman–Crippen MR) is 57.8 cm³/mol. The van der Waals surface area contributed by atoms with Crippen molar-refractivity contribution >= 4 is 11.7 Å². The maximum absolute atomic E-state index is 10.9. The summed E-state index contributed by atoms with van der Waals surface area (Å²) in [6, 6.07) is 3.45. The monoisotopic (exact) mass is 218 g/mol. The fourth-order valence-electron chi connectivity index (χ4n) is 1.52. The second-order valence-electron chi connectivity index (χ2n) is 3.28. The van der Waals surface area contributed by atoms with Gasteiger partial charge in [-0.2, -0.15) is 5.10 Å². The molecule has 0 aromatic carbocycles. The number of anilines is 1. The van der Waals surface area contributed by atoms with E-state index in [1.54, 1.807) is 31.6 Å². The number of rotatable bonds is 2. The summed E-state index contributed by atoms with van der Waals surface area (Å²) >= 11 is 0. The Labute approximate surface area is 91.3 Å². The molecular weight excluding hydrogens is 208 g/mol. The zero-order chi connectivity index (χ0) is 11.7. The summed E-state index contributed by atoms with van der Waals surface area (Å²) in [4.78, 5) is 14.8. The van der Waals surface area contributed by atoms with Crippen molar-refractivity contribution in [2.75, 3.05) is 5.73 Å². The molecule has 2 aromatic rings. The Morgan fingerprint density at radius 3 is 2.56 bits per heavy atom. The van der Waals surface area contributed by atoms with Gasteiger partial charge in [-0.05, 0) is 12.1 Å². The van der Waals surface area contributed by atoms with Gasteiger partial charge < -0.3 is 10.8 Å². The third-order valence-corrected chi connectivity index (χ3v) is 2.24. The van der Waals surface area contributed by atoms with Crippen molar-refractivity contribution in [2.45, 2.75) is 0 Å². The molecule has 3 N–H and O–H groups in total. The first-order chi connectivity index (χ1) is 7.61. The molecule has 0 aliphatic rings. The second-order valence-corrected chi connectivity index (χ2v) is 3.28. The molecule has 0 atom stereocenters. The van der Waals surface area contributed by atoms with E-state index in [2.05, 4.69) is 10.1 Å². The van der Waals surface area contributed by atoms with E-state index < -0.39 is 5.97 Å². The molecule has 82 valence electrons. The Hall–Kier alpha value is -2.37. The lowest BCUT2D eigenvalue weighted by molar-refractivity contribution is 0.0686. The van der Waals surface area contributed by atoms with Gasteiger partial charge >= 0.3 is 5.97 Å². The highest BCUT2D eigenvalue weighted by Gasteiger charge is 2.19. The van der Waals surface area contributed by atoms with Gasteiger partial charge in [0.15, 0.2) is 5.69 Å². The first-order valence-electron chi connectivity index (χ1n) is 4.57. The quantitative estimate of drug-likeness (QED) is 0.776. The summed E-state index contributed by atoms with van der Waals surface area (Å²) in [7, 11) is 1.55. The Morgan fingerprint density at radius 2 is 2.06 bits per heavy atom. The van der Waals surface area contributed by atoms with Crippen molar-refractivity contribution in [2.24, 2.45) is 7.05 Å². The first-order valence-corrected chi connectivity index (χ1v) is 4.57. The molecule has 0 saturated carbocycles. The highest BCUT2D eigenvalue weighted by atomic mass is 16.4. The summed E-state index contributed by atoms with van der Waals surface area (Å²) in [5.74, 6) is -1.09. The van der Waals surface area contributed by atoms with Crippen LogP contribution in [0.2, 0.25) is 0 Å². The number of nitrogen functional groups attached to an aromatic ring is 1. The van der Waals surface area contributed by atoms with Crippen LogP contribution in [0.25, 0.3) is 11.3 Å². The lowest BCUT2D eigenvalue weighted by Crippen LogP contribution is -2.07. The third kappa shape index (κ3) is 1.50. The molecule has 6 heteroatoms. The standard InChI is InChI=1S/C10H10N4O2/c1-14-9(10(15)16)7(11)8(13-14)6-2-4-12-5-3-6/h2-5H,11H2,1H3,(H,15,16). The van der Waals surface area contributed by atoms with Gasteiger partial charge in [0.1, 0.15) is 5.69 Å². The average Bonchev–Trinajstić information content (AvgIpc) is 2.55. The number of nitrogens with two attached hydrogens (primary N) is 1. The molecule has 0 aliphatic heterocycles. The van der Waals surface area contributed by atoms with Crippen LogP contribution in [-0.4, -0.2) is 25.8 Å². The minimum absolute atomic E-state index is 0.00758. The number of hydrogen-bond donors (Lipinski definition) is 2. The van der Waals surface area contributed by atoms with E-state index in [0.717, 1.165) is 5.56 Å². The molecule has 0 saturated heterocycles. The summed E-state index contributed by atoms with van der Waals surface area (Å²) < 4.78 is 1.26. The largest absolute Gasteiger partial charge is 0.476 e. The van der Waals surface area contributed by atoms with Crippen molar-refractivity contribution in [3.05, 3.63) is 30.2 Å². The van der Waals surface area contributed by atoms with E-state index in [0.29, 0.717) is 5.69 Å². The summed E-state index contributed by atoms with van der Waals surface area (Å²) in [5.41, 5.74) is 7.12. The lowest BCUT2D eigenvalue weighted by Gasteiger charge is -1.96. The van der Waals surface area contributed by atoms with Crippen molar-refractivity contribution in [3.63, 3.8) is 0 Å². The number of hydrogen-bond acceptors (Lipinski definition) is 4. The molecule has 2 aromatic heterocycles.